The van der Waals surface area contributed by atoms with Crippen LogP contribution in [-0.4, -0.2) is 81.4 Å². The second-order valence-corrected chi connectivity index (χ2v) is 14.3. The largest absolute Gasteiger partial charge is 0.491 e. The lowest BCUT2D eigenvalue weighted by molar-refractivity contribution is -0.0312. The van der Waals surface area contributed by atoms with E-state index in [1.807, 2.05) is 19.1 Å². The molecular weight excluding hydrogens is 620 g/mol. The Kier molecular flexibility index (Phi) is 10.2. The van der Waals surface area contributed by atoms with Crippen LogP contribution >= 0.6 is 12.4 Å². The van der Waals surface area contributed by atoms with Gasteiger partial charge in [0.15, 0.2) is 0 Å². The molecule has 0 amide bonds. The Labute approximate surface area is 257 Å². The van der Waals surface area contributed by atoms with Crippen molar-refractivity contribution >= 4 is 43.4 Å². The van der Waals surface area contributed by atoms with Crippen LogP contribution in [0.1, 0.15) is 26.2 Å². The molecular formula is C28H37ClN4O8S2. The molecule has 0 saturated carbocycles. The number of hydrogen-bond acceptors (Lipinski definition) is 9. The standard InChI is InChI=1S/C28H36N4O8S2.ClH/c1-2-31-17-26(27(34)24-8-3-4-9-25(24)31)42(37,38)32-12-10-28(11-13-32)15-20(18-40-28)30-16-21(33)19-39-22-6-5-7-23(14-22)41(29,35)36;/h3-9,14,17,20-21,30,33H,2,10-13,15-16,18-19H2,1H3,(H2,29,35,36);1H/t20-,21?;/m1./s1. The van der Waals surface area contributed by atoms with Crippen molar-refractivity contribution in [2.24, 2.45) is 5.14 Å². The van der Waals surface area contributed by atoms with E-state index in [2.05, 4.69) is 5.32 Å². The predicted octanol–water partition coefficient (Wildman–Crippen LogP) is 1.43. The summed E-state index contributed by atoms with van der Waals surface area (Å²) in [4.78, 5) is 12.9. The molecule has 236 valence electrons. The molecule has 2 aromatic carbocycles. The molecule has 2 saturated heterocycles. The Morgan fingerprint density at radius 2 is 1.86 bits per heavy atom. The van der Waals surface area contributed by atoms with Gasteiger partial charge in [-0.15, -0.1) is 12.4 Å². The lowest BCUT2D eigenvalue weighted by Gasteiger charge is -2.38. The molecule has 0 aliphatic carbocycles. The number of pyridine rings is 1. The van der Waals surface area contributed by atoms with Crippen LogP contribution in [0, 0.1) is 0 Å². The molecule has 1 aromatic heterocycles. The maximum Gasteiger partial charge on any atom is 0.248 e. The van der Waals surface area contributed by atoms with Crippen molar-refractivity contribution in [3.8, 4) is 5.75 Å². The van der Waals surface area contributed by atoms with Gasteiger partial charge in [-0.3, -0.25) is 4.79 Å². The van der Waals surface area contributed by atoms with Crippen LogP contribution in [0.15, 0.2) is 69.3 Å². The lowest BCUT2D eigenvalue weighted by Crippen LogP contribution is -2.47. The summed E-state index contributed by atoms with van der Waals surface area (Å²) in [6, 6.07) is 12.7. The van der Waals surface area contributed by atoms with E-state index in [0.717, 1.165) is 0 Å². The van der Waals surface area contributed by atoms with Crippen molar-refractivity contribution < 1.29 is 31.4 Å². The molecule has 3 aromatic rings. The third-order valence-electron chi connectivity index (χ3n) is 7.97. The van der Waals surface area contributed by atoms with E-state index < -0.39 is 37.2 Å². The summed E-state index contributed by atoms with van der Waals surface area (Å²) in [6.45, 7) is 3.50. The number of halogens is 1. The summed E-state index contributed by atoms with van der Waals surface area (Å²) in [5.41, 5.74) is -0.268. The molecule has 2 aliphatic heterocycles. The number of primary sulfonamides is 1. The highest BCUT2D eigenvalue weighted by Gasteiger charge is 2.45. The molecule has 43 heavy (non-hydrogen) atoms. The van der Waals surface area contributed by atoms with E-state index in [9.17, 15) is 26.7 Å². The summed E-state index contributed by atoms with van der Waals surface area (Å²) in [5.74, 6) is 0.280. The van der Waals surface area contributed by atoms with Crippen molar-refractivity contribution in [3.05, 3.63) is 65.0 Å². The zero-order chi connectivity index (χ0) is 30.1. The van der Waals surface area contributed by atoms with Crippen molar-refractivity contribution in [2.45, 2.75) is 60.3 Å². The summed E-state index contributed by atoms with van der Waals surface area (Å²) >= 11 is 0. The Bertz CT molecular complexity index is 1720. The van der Waals surface area contributed by atoms with E-state index >= 15 is 0 Å². The number of nitrogens with zero attached hydrogens (tertiary/aromatic N) is 2. The predicted molar refractivity (Wildman–Crippen MR) is 164 cm³/mol. The van der Waals surface area contributed by atoms with Gasteiger partial charge in [-0.2, -0.15) is 4.31 Å². The summed E-state index contributed by atoms with van der Waals surface area (Å²) in [6.07, 6.45) is 2.23. The molecule has 2 aliphatic rings. The maximum absolute atomic E-state index is 13.6. The average molecular weight is 657 g/mol. The number of piperidine rings is 1. The van der Waals surface area contributed by atoms with E-state index in [1.54, 1.807) is 22.8 Å². The Morgan fingerprint density at radius 3 is 2.56 bits per heavy atom. The van der Waals surface area contributed by atoms with Gasteiger partial charge in [0, 0.05) is 49.9 Å². The van der Waals surface area contributed by atoms with Gasteiger partial charge < -0.3 is 24.5 Å². The molecule has 5 rings (SSSR count). The van der Waals surface area contributed by atoms with Crippen LogP contribution in [0.5, 0.6) is 5.75 Å². The zero-order valence-electron chi connectivity index (χ0n) is 23.7. The number of nitrogens with one attached hydrogen (secondary N) is 1. The van der Waals surface area contributed by atoms with Crippen molar-refractivity contribution in [3.63, 3.8) is 0 Å². The van der Waals surface area contributed by atoms with Gasteiger partial charge in [-0.25, -0.2) is 22.0 Å². The highest BCUT2D eigenvalue weighted by atomic mass is 35.5. The Morgan fingerprint density at radius 1 is 1.14 bits per heavy atom. The van der Waals surface area contributed by atoms with Crippen LogP contribution in [0.2, 0.25) is 0 Å². The Balaban J connectivity index is 0.00000423. The first-order valence-corrected chi connectivity index (χ1v) is 16.8. The first-order valence-electron chi connectivity index (χ1n) is 13.9. The second kappa shape index (κ2) is 13.2. The third-order valence-corrected chi connectivity index (χ3v) is 10.8. The molecule has 12 nitrogen and oxygen atoms in total. The van der Waals surface area contributed by atoms with E-state index in [-0.39, 0.29) is 60.2 Å². The number of aromatic nitrogens is 1. The first-order chi connectivity index (χ1) is 19.9. The average Bonchev–Trinajstić information content (AvgIpc) is 3.37. The highest BCUT2D eigenvalue weighted by molar-refractivity contribution is 7.89. The van der Waals surface area contributed by atoms with Gasteiger partial charge in [0.05, 0.1) is 22.6 Å². The number of hydrogen-bond donors (Lipinski definition) is 3. The van der Waals surface area contributed by atoms with Gasteiger partial charge in [0.2, 0.25) is 25.5 Å². The molecule has 4 N–H and O–H groups in total. The van der Waals surface area contributed by atoms with E-state index in [0.29, 0.717) is 43.3 Å². The minimum absolute atomic E-state index is 0. The van der Waals surface area contributed by atoms with Crippen LogP contribution in [-0.2, 0) is 31.3 Å². The van der Waals surface area contributed by atoms with Crippen molar-refractivity contribution in [2.75, 3.05) is 32.8 Å². The van der Waals surface area contributed by atoms with Crippen molar-refractivity contribution in [1.82, 2.24) is 14.2 Å². The fraction of sp³-hybridized carbons (Fsp3) is 0.464. The molecule has 3 heterocycles. The number of aliphatic hydroxyl groups excluding tert-OH is 1. The highest BCUT2D eigenvalue weighted by Crippen LogP contribution is 2.37. The molecule has 1 spiro atoms. The molecule has 0 radical (unpaired) electrons. The van der Waals surface area contributed by atoms with Gasteiger partial charge in [-0.05, 0) is 50.5 Å². The summed E-state index contributed by atoms with van der Waals surface area (Å²) < 4.78 is 65.0. The number of aliphatic hydroxyl groups is 1. The fourth-order valence-electron chi connectivity index (χ4n) is 5.66. The molecule has 15 heteroatoms. The Hall–Kier alpha value is -2.56. The van der Waals surface area contributed by atoms with Gasteiger partial charge in [0.1, 0.15) is 23.4 Å². The molecule has 1 unspecified atom stereocenters. The number of sulfonamides is 2. The number of nitrogens with two attached hydrogens (primary N) is 1. The number of rotatable bonds is 10. The second-order valence-electron chi connectivity index (χ2n) is 10.8. The number of benzene rings is 2. The number of aryl methyl sites for hydroxylation is 1. The van der Waals surface area contributed by atoms with Gasteiger partial charge in [0.25, 0.3) is 0 Å². The summed E-state index contributed by atoms with van der Waals surface area (Å²) in [7, 11) is -7.85. The van der Waals surface area contributed by atoms with Gasteiger partial charge in [-0.1, -0.05) is 18.2 Å². The minimum atomic E-state index is -4.00. The summed E-state index contributed by atoms with van der Waals surface area (Å²) in [5, 5.41) is 19.2. The van der Waals surface area contributed by atoms with Crippen LogP contribution in [0.4, 0.5) is 0 Å². The maximum atomic E-state index is 13.6. The van der Waals surface area contributed by atoms with E-state index in [1.165, 1.54) is 28.7 Å². The zero-order valence-corrected chi connectivity index (χ0v) is 26.2. The fourth-order valence-corrected chi connectivity index (χ4v) is 7.75. The monoisotopic (exact) mass is 656 g/mol. The molecule has 0 bridgehead atoms. The van der Waals surface area contributed by atoms with Crippen LogP contribution < -0.4 is 20.6 Å². The number of fused-ring (bicyclic) bond motifs is 1. The minimum Gasteiger partial charge on any atom is -0.491 e. The molecule has 2 atom stereocenters. The smallest absolute Gasteiger partial charge is 0.248 e. The van der Waals surface area contributed by atoms with E-state index in [4.69, 9.17) is 14.6 Å². The number of ether oxygens (including phenoxy) is 2. The van der Waals surface area contributed by atoms with Crippen LogP contribution in [0.25, 0.3) is 10.9 Å². The van der Waals surface area contributed by atoms with Crippen LogP contribution in [0.3, 0.4) is 0 Å². The number of para-hydroxylation sites is 1. The SMILES string of the molecule is CCn1cc(S(=O)(=O)N2CCC3(CC2)C[C@@H](NCC(O)COc2cccc(S(N)(=O)=O)c2)CO3)c(=O)c2ccccc21.Cl. The first kappa shape index (κ1) is 33.3. The quantitative estimate of drug-likeness (QED) is 0.292. The molecule has 2 fully saturated rings. The third kappa shape index (κ3) is 7.23. The topological polar surface area (TPSA) is 170 Å². The van der Waals surface area contributed by atoms with Gasteiger partial charge >= 0.3 is 0 Å². The van der Waals surface area contributed by atoms with Crippen molar-refractivity contribution in [1.29, 1.82) is 0 Å². The normalized spacial score (nSPS) is 19.7. The lowest BCUT2D eigenvalue weighted by atomic mass is 9.88.